The zero-order valence-electron chi connectivity index (χ0n) is 12.9. The fourth-order valence-corrected chi connectivity index (χ4v) is 3.17. The van der Waals surface area contributed by atoms with Crippen LogP contribution in [-0.2, 0) is 10.0 Å². The molecule has 124 valence electrons. The first-order valence-corrected chi connectivity index (χ1v) is 8.49. The number of nitrogens with zero attached hydrogens (tertiary/aromatic N) is 4. The van der Waals surface area contributed by atoms with E-state index in [9.17, 15) is 12.8 Å². The summed E-state index contributed by atoms with van der Waals surface area (Å²) in [5.74, 6) is -0.200. The molecule has 0 spiro atoms. The first kappa shape index (κ1) is 16.1. The summed E-state index contributed by atoms with van der Waals surface area (Å²) in [5.41, 5.74) is 1.19. The molecule has 9 heteroatoms. The van der Waals surface area contributed by atoms with Crippen LogP contribution in [0.5, 0.6) is 0 Å². The van der Waals surface area contributed by atoms with Crippen LogP contribution in [-0.4, -0.2) is 28.6 Å². The Kier molecular flexibility index (Phi) is 4.02. The van der Waals surface area contributed by atoms with Crippen molar-refractivity contribution in [2.45, 2.75) is 18.7 Å². The largest absolute Gasteiger partial charge is 0.277 e. The van der Waals surface area contributed by atoms with E-state index >= 15 is 0 Å². The minimum atomic E-state index is -3.90. The Morgan fingerprint density at radius 2 is 1.79 bits per heavy atom. The summed E-state index contributed by atoms with van der Waals surface area (Å²) in [6.45, 7) is 3.53. The first-order valence-electron chi connectivity index (χ1n) is 7.01. The van der Waals surface area contributed by atoms with Crippen molar-refractivity contribution in [3.8, 4) is 5.69 Å². The molecule has 0 radical (unpaired) electrons. The lowest BCUT2D eigenvalue weighted by Gasteiger charge is -2.11. The smallest absolute Gasteiger partial charge is 0.261 e. The molecule has 24 heavy (non-hydrogen) atoms. The molecule has 1 heterocycles. The Labute approximate surface area is 138 Å². The molecule has 0 amide bonds. The highest BCUT2D eigenvalue weighted by Crippen LogP contribution is 2.22. The zero-order valence-corrected chi connectivity index (χ0v) is 13.7. The van der Waals surface area contributed by atoms with Gasteiger partial charge in [-0.15, -0.1) is 5.10 Å². The summed E-state index contributed by atoms with van der Waals surface area (Å²) in [6.07, 6.45) is 0. The SMILES string of the molecule is Cc1ccc(S(=O)(=O)Nc2cc(-n3nnnc3C)ccc2F)cc1. The number of aromatic nitrogens is 4. The molecule has 3 rings (SSSR count). The van der Waals surface area contributed by atoms with E-state index in [2.05, 4.69) is 20.2 Å². The number of nitrogens with one attached hydrogen (secondary N) is 1. The van der Waals surface area contributed by atoms with Crippen LogP contribution in [0.15, 0.2) is 47.4 Å². The molecule has 0 bridgehead atoms. The van der Waals surface area contributed by atoms with Gasteiger partial charge in [-0.05, 0) is 54.6 Å². The van der Waals surface area contributed by atoms with Crippen LogP contribution in [0.2, 0.25) is 0 Å². The predicted octanol–water partition coefficient (Wildman–Crippen LogP) is 2.22. The van der Waals surface area contributed by atoms with E-state index in [4.69, 9.17) is 0 Å². The first-order chi connectivity index (χ1) is 11.4. The van der Waals surface area contributed by atoms with Gasteiger partial charge in [-0.3, -0.25) is 4.72 Å². The lowest BCUT2D eigenvalue weighted by Crippen LogP contribution is -2.14. The number of hydrogen-bond acceptors (Lipinski definition) is 5. The standard InChI is InChI=1S/C15H14FN5O2S/c1-10-3-6-13(7-4-10)24(22,23)18-15-9-12(5-8-14(15)16)21-11(2)17-19-20-21/h3-9,18H,1-2H3. The quantitative estimate of drug-likeness (QED) is 0.781. The van der Waals surface area contributed by atoms with Gasteiger partial charge in [-0.2, -0.15) is 4.68 Å². The summed E-state index contributed by atoms with van der Waals surface area (Å²) in [4.78, 5) is 0.0523. The number of hydrogen-bond donors (Lipinski definition) is 1. The van der Waals surface area contributed by atoms with E-state index in [1.807, 2.05) is 6.92 Å². The van der Waals surface area contributed by atoms with Gasteiger partial charge in [0, 0.05) is 0 Å². The number of rotatable bonds is 4. The number of sulfonamides is 1. The van der Waals surface area contributed by atoms with E-state index in [0.29, 0.717) is 11.5 Å². The van der Waals surface area contributed by atoms with E-state index in [1.54, 1.807) is 19.1 Å². The Hall–Kier alpha value is -2.81. The van der Waals surface area contributed by atoms with Crippen LogP contribution in [0.4, 0.5) is 10.1 Å². The number of aryl methyl sites for hydroxylation is 2. The zero-order chi connectivity index (χ0) is 17.3. The fraction of sp³-hybridized carbons (Fsp3) is 0.133. The maximum atomic E-state index is 14.0. The van der Waals surface area contributed by atoms with Crippen LogP contribution in [0.3, 0.4) is 0 Å². The van der Waals surface area contributed by atoms with Crippen LogP contribution in [0, 0.1) is 19.7 Å². The van der Waals surface area contributed by atoms with Gasteiger partial charge in [0.15, 0.2) is 5.82 Å². The van der Waals surface area contributed by atoms with Crippen molar-refractivity contribution in [1.82, 2.24) is 20.2 Å². The molecular formula is C15H14FN5O2S. The summed E-state index contributed by atoms with van der Waals surface area (Å²) < 4.78 is 42.5. The number of tetrazole rings is 1. The van der Waals surface area contributed by atoms with Crippen molar-refractivity contribution in [1.29, 1.82) is 0 Å². The molecule has 0 saturated carbocycles. The molecular weight excluding hydrogens is 333 g/mol. The van der Waals surface area contributed by atoms with Crippen LogP contribution >= 0.6 is 0 Å². The summed E-state index contributed by atoms with van der Waals surface area (Å²) in [5, 5.41) is 11.0. The predicted molar refractivity (Wildman–Crippen MR) is 85.8 cm³/mol. The minimum absolute atomic E-state index is 0.0523. The second-order valence-electron chi connectivity index (χ2n) is 5.22. The van der Waals surface area contributed by atoms with Gasteiger partial charge in [0.25, 0.3) is 10.0 Å². The van der Waals surface area contributed by atoms with Crippen molar-refractivity contribution in [2.24, 2.45) is 0 Å². The average molecular weight is 347 g/mol. The fourth-order valence-electron chi connectivity index (χ4n) is 2.11. The molecule has 0 aliphatic rings. The van der Waals surface area contributed by atoms with Crippen molar-refractivity contribution in [3.05, 3.63) is 59.7 Å². The van der Waals surface area contributed by atoms with Crippen molar-refractivity contribution < 1.29 is 12.8 Å². The monoisotopic (exact) mass is 347 g/mol. The number of halogens is 1. The molecule has 0 aliphatic heterocycles. The number of anilines is 1. The van der Waals surface area contributed by atoms with Crippen molar-refractivity contribution >= 4 is 15.7 Å². The van der Waals surface area contributed by atoms with E-state index < -0.39 is 15.8 Å². The van der Waals surface area contributed by atoms with Crippen molar-refractivity contribution in [2.75, 3.05) is 4.72 Å². The van der Waals surface area contributed by atoms with Crippen molar-refractivity contribution in [3.63, 3.8) is 0 Å². The molecule has 3 aromatic rings. The normalized spacial score (nSPS) is 11.5. The molecule has 1 N–H and O–H groups in total. The van der Waals surface area contributed by atoms with Crippen LogP contribution in [0.25, 0.3) is 5.69 Å². The molecule has 1 aromatic heterocycles. The van der Waals surface area contributed by atoms with Gasteiger partial charge in [-0.25, -0.2) is 12.8 Å². The summed E-state index contributed by atoms with van der Waals surface area (Å²) in [7, 11) is -3.90. The Morgan fingerprint density at radius 3 is 2.42 bits per heavy atom. The highest BCUT2D eigenvalue weighted by Gasteiger charge is 2.17. The van der Waals surface area contributed by atoms with Crippen LogP contribution < -0.4 is 4.72 Å². The van der Waals surface area contributed by atoms with Gasteiger partial charge in [-0.1, -0.05) is 17.7 Å². The summed E-state index contributed by atoms with van der Waals surface area (Å²) in [6, 6.07) is 10.2. The number of benzene rings is 2. The molecule has 0 saturated heterocycles. The second-order valence-corrected chi connectivity index (χ2v) is 6.90. The van der Waals surface area contributed by atoms with Gasteiger partial charge < -0.3 is 0 Å². The average Bonchev–Trinajstić information content (AvgIpc) is 2.96. The maximum Gasteiger partial charge on any atom is 0.261 e. The third-order valence-corrected chi connectivity index (χ3v) is 4.78. The third-order valence-electron chi connectivity index (χ3n) is 3.40. The Bertz CT molecular complexity index is 983. The maximum absolute atomic E-state index is 14.0. The lowest BCUT2D eigenvalue weighted by molar-refractivity contribution is 0.598. The molecule has 0 aliphatic carbocycles. The Balaban J connectivity index is 1.98. The molecule has 0 atom stereocenters. The molecule has 7 nitrogen and oxygen atoms in total. The van der Waals surface area contributed by atoms with Gasteiger partial charge in [0.05, 0.1) is 16.3 Å². The topological polar surface area (TPSA) is 89.8 Å². The Morgan fingerprint density at radius 1 is 1.08 bits per heavy atom. The minimum Gasteiger partial charge on any atom is -0.277 e. The van der Waals surface area contributed by atoms with Gasteiger partial charge >= 0.3 is 0 Å². The second kappa shape index (κ2) is 6.00. The highest BCUT2D eigenvalue weighted by molar-refractivity contribution is 7.92. The molecule has 0 unspecified atom stereocenters. The molecule has 2 aromatic carbocycles. The lowest BCUT2D eigenvalue weighted by atomic mass is 10.2. The van der Waals surface area contributed by atoms with E-state index in [1.165, 1.54) is 28.9 Å². The van der Waals surface area contributed by atoms with E-state index in [-0.39, 0.29) is 10.6 Å². The van der Waals surface area contributed by atoms with Gasteiger partial charge in [0.1, 0.15) is 5.82 Å². The van der Waals surface area contributed by atoms with Crippen LogP contribution in [0.1, 0.15) is 11.4 Å². The van der Waals surface area contributed by atoms with Gasteiger partial charge in [0.2, 0.25) is 0 Å². The molecule has 0 fully saturated rings. The highest BCUT2D eigenvalue weighted by atomic mass is 32.2. The third kappa shape index (κ3) is 3.11. The summed E-state index contributed by atoms with van der Waals surface area (Å²) >= 11 is 0. The van der Waals surface area contributed by atoms with E-state index in [0.717, 1.165) is 11.6 Å².